The molecule has 1 nitrogen and oxygen atoms in total. The van der Waals surface area contributed by atoms with Gasteiger partial charge in [-0.2, -0.15) is 0 Å². The van der Waals surface area contributed by atoms with Crippen molar-refractivity contribution in [1.82, 2.24) is 5.32 Å². The maximum absolute atomic E-state index is 3.55. The number of hydrogen-bond acceptors (Lipinski definition) is 1. The molecule has 0 heterocycles. The molecule has 64 valence electrons. The van der Waals surface area contributed by atoms with Crippen molar-refractivity contribution in [2.75, 3.05) is 7.05 Å². The zero-order valence-corrected chi connectivity index (χ0v) is 7.74. The summed E-state index contributed by atoms with van der Waals surface area (Å²) in [5, 5.41) is 3.55. The zero-order chi connectivity index (χ0) is 7.95. The van der Waals surface area contributed by atoms with Crippen LogP contribution in [0.25, 0.3) is 0 Å². The summed E-state index contributed by atoms with van der Waals surface area (Å²) >= 11 is 0. The molecule has 2 saturated carbocycles. The Morgan fingerprint density at radius 2 is 1.82 bits per heavy atom. The Labute approximate surface area is 69.6 Å². The third-order valence-electron chi connectivity index (χ3n) is 4.23. The Morgan fingerprint density at radius 1 is 1.18 bits per heavy atom. The van der Waals surface area contributed by atoms with Crippen LogP contribution < -0.4 is 5.32 Å². The Morgan fingerprint density at radius 3 is 1.91 bits per heavy atom. The molecule has 0 radical (unpaired) electrons. The molecule has 0 saturated heterocycles. The van der Waals surface area contributed by atoms with E-state index in [-0.39, 0.29) is 0 Å². The molecule has 1 N–H and O–H groups in total. The molecule has 1 heteroatoms. The summed E-state index contributed by atoms with van der Waals surface area (Å²) < 4.78 is 0. The van der Waals surface area contributed by atoms with Crippen molar-refractivity contribution in [3.63, 3.8) is 0 Å². The quantitative estimate of drug-likeness (QED) is 0.656. The summed E-state index contributed by atoms with van der Waals surface area (Å²) in [5.41, 5.74) is 1.29. The van der Waals surface area contributed by atoms with Crippen LogP contribution in [0.4, 0.5) is 0 Å². The van der Waals surface area contributed by atoms with E-state index in [0.717, 1.165) is 0 Å². The second-order valence-electron chi connectivity index (χ2n) is 4.32. The molecule has 0 aromatic carbocycles. The first-order valence-electron chi connectivity index (χ1n) is 4.97. The fraction of sp³-hybridized carbons (Fsp3) is 1.00. The molecule has 2 rings (SSSR count). The summed E-state index contributed by atoms with van der Waals surface area (Å²) in [6.45, 7) is 2.36. The summed E-state index contributed by atoms with van der Waals surface area (Å²) in [5.74, 6) is 0. The Balaban J connectivity index is 2.11. The lowest BCUT2D eigenvalue weighted by Gasteiger charge is -2.48. The first-order valence-corrected chi connectivity index (χ1v) is 4.97. The van der Waals surface area contributed by atoms with Gasteiger partial charge in [-0.25, -0.2) is 0 Å². The topological polar surface area (TPSA) is 12.0 Å². The summed E-state index contributed by atoms with van der Waals surface area (Å²) in [6.07, 6.45) is 8.66. The monoisotopic (exact) mass is 153 g/mol. The third-order valence-corrected chi connectivity index (χ3v) is 4.23. The van der Waals surface area contributed by atoms with Gasteiger partial charge in [0.25, 0.3) is 0 Å². The molecule has 0 spiro atoms. The fourth-order valence-electron chi connectivity index (χ4n) is 2.94. The average Bonchev–Trinajstić information content (AvgIpc) is 2.68. The van der Waals surface area contributed by atoms with Crippen molar-refractivity contribution in [3.05, 3.63) is 0 Å². The minimum atomic E-state index is 0.583. The first-order chi connectivity index (χ1) is 5.29. The summed E-state index contributed by atoms with van der Waals surface area (Å²) in [7, 11) is 2.14. The lowest BCUT2D eigenvalue weighted by atomic mass is 9.60. The first kappa shape index (κ1) is 7.60. The standard InChI is InChI=1S/C10H19N/c1-3-9(5-4-6-9)10(11-2)7-8-10/h11H,3-8H2,1-2H3. The van der Waals surface area contributed by atoms with Crippen LogP contribution in [0, 0.1) is 5.41 Å². The van der Waals surface area contributed by atoms with Crippen LogP contribution in [0.15, 0.2) is 0 Å². The highest BCUT2D eigenvalue weighted by molar-refractivity contribution is 5.16. The van der Waals surface area contributed by atoms with Crippen LogP contribution in [0.2, 0.25) is 0 Å². The molecular weight excluding hydrogens is 134 g/mol. The minimum Gasteiger partial charge on any atom is -0.314 e. The zero-order valence-electron chi connectivity index (χ0n) is 7.74. The maximum Gasteiger partial charge on any atom is 0.0236 e. The summed E-state index contributed by atoms with van der Waals surface area (Å²) in [4.78, 5) is 0. The Bertz CT molecular complexity index is 149. The van der Waals surface area contributed by atoms with Crippen molar-refractivity contribution in [2.24, 2.45) is 5.41 Å². The molecule has 0 aliphatic heterocycles. The van der Waals surface area contributed by atoms with Gasteiger partial charge in [0.05, 0.1) is 0 Å². The van der Waals surface area contributed by atoms with Crippen LogP contribution in [0.1, 0.15) is 45.4 Å². The SMILES string of the molecule is CCC1(C2(NC)CC2)CCC1. The predicted octanol–water partition coefficient (Wildman–Crippen LogP) is 2.32. The highest BCUT2D eigenvalue weighted by atomic mass is 15.0. The van der Waals surface area contributed by atoms with E-state index in [1.54, 1.807) is 0 Å². The second kappa shape index (κ2) is 2.22. The van der Waals surface area contributed by atoms with Gasteiger partial charge in [-0.3, -0.25) is 0 Å². The molecule has 2 fully saturated rings. The van der Waals surface area contributed by atoms with E-state index in [2.05, 4.69) is 19.3 Å². The van der Waals surface area contributed by atoms with Gasteiger partial charge in [0.15, 0.2) is 0 Å². The third kappa shape index (κ3) is 0.807. The van der Waals surface area contributed by atoms with Gasteiger partial charge in [-0.15, -0.1) is 0 Å². The molecule has 0 bridgehead atoms. The highest BCUT2D eigenvalue weighted by Crippen LogP contribution is 2.61. The van der Waals surface area contributed by atoms with E-state index in [0.29, 0.717) is 11.0 Å². The number of hydrogen-bond donors (Lipinski definition) is 1. The van der Waals surface area contributed by atoms with E-state index < -0.39 is 0 Å². The van der Waals surface area contributed by atoms with Crippen LogP contribution >= 0.6 is 0 Å². The van der Waals surface area contributed by atoms with Gasteiger partial charge >= 0.3 is 0 Å². The van der Waals surface area contributed by atoms with Gasteiger partial charge in [0, 0.05) is 5.54 Å². The van der Waals surface area contributed by atoms with E-state index in [1.807, 2.05) is 0 Å². The van der Waals surface area contributed by atoms with Crippen LogP contribution in [0.3, 0.4) is 0 Å². The smallest absolute Gasteiger partial charge is 0.0236 e. The highest BCUT2D eigenvalue weighted by Gasteiger charge is 2.59. The lowest BCUT2D eigenvalue weighted by molar-refractivity contribution is 0.0582. The fourth-order valence-corrected chi connectivity index (χ4v) is 2.94. The Kier molecular flexibility index (Phi) is 1.54. The molecule has 0 aromatic heterocycles. The van der Waals surface area contributed by atoms with E-state index in [4.69, 9.17) is 0 Å². The maximum atomic E-state index is 3.55. The van der Waals surface area contributed by atoms with Gasteiger partial charge in [0.2, 0.25) is 0 Å². The van der Waals surface area contributed by atoms with E-state index in [1.165, 1.54) is 38.5 Å². The second-order valence-corrected chi connectivity index (χ2v) is 4.32. The van der Waals surface area contributed by atoms with Crippen molar-refractivity contribution in [2.45, 2.75) is 51.0 Å². The Hall–Kier alpha value is -0.0400. The van der Waals surface area contributed by atoms with Crippen molar-refractivity contribution in [1.29, 1.82) is 0 Å². The van der Waals surface area contributed by atoms with Crippen LogP contribution in [-0.2, 0) is 0 Å². The molecular formula is C10H19N. The minimum absolute atomic E-state index is 0.583. The van der Waals surface area contributed by atoms with Crippen molar-refractivity contribution in [3.8, 4) is 0 Å². The summed E-state index contributed by atoms with van der Waals surface area (Å²) in [6, 6.07) is 0. The number of nitrogens with one attached hydrogen (secondary N) is 1. The molecule has 2 aliphatic rings. The van der Waals surface area contributed by atoms with Crippen molar-refractivity contribution < 1.29 is 0 Å². The van der Waals surface area contributed by atoms with Gasteiger partial charge in [-0.1, -0.05) is 13.3 Å². The van der Waals surface area contributed by atoms with E-state index in [9.17, 15) is 0 Å². The predicted molar refractivity (Wildman–Crippen MR) is 47.6 cm³/mol. The average molecular weight is 153 g/mol. The van der Waals surface area contributed by atoms with E-state index >= 15 is 0 Å². The largest absolute Gasteiger partial charge is 0.314 e. The molecule has 11 heavy (non-hydrogen) atoms. The van der Waals surface area contributed by atoms with Gasteiger partial charge in [0.1, 0.15) is 0 Å². The van der Waals surface area contributed by atoms with Gasteiger partial charge < -0.3 is 5.32 Å². The van der Waals surface area contributed by atoms with Gasteiger partial charge in [-0.05, 0) is 44.6 Å². The lowest BCUT2D eigenvalue weighted by Crippen LogP contribution is -2.50. The molecule has 0 aromatic rings. The van der Waals surface area contributed by atoms with Crippen molar-refractivity contribution >= 4 is 0 Å². The van der Waals surface area contributed by atoms with Crippen LogP contribution in [-0.4, -0.2) is 12.6 Å². The molecule has 2 aliphatic carbocycles. The normalized spacial score (nSPS) is 31.1. The van der Waals surface area contributed by atoms with Crippen LogP contribution in [0.5, 0.6) is 0 Å². The molecule has 0 unspecified atom stereocenters. The molecule has 0 atom stereocenters. The molecule has 0 amide bonds. The number of rotatable bonds is 3.